The van der Waals surface area contributed by atoms with E-state index in [-0.39, 0.29) is 5.97 Å². The fourth-order valence-electron chi connectivity index (χ4n) is 0.573. The lowest BCUT2D eigenvalue weighted by molar-refractivity contribution is 0.0605. The topological polar surface area (TPSA) is 26.3 Å². The lowest BCUT2D eigenvalue weighted by Gasteiger charge is -1.93. The van der Waals surface area contributed by atoms with Gasteiger partial charge < -0.3 is 4.74 Å². The van der Waals surface area contributed by atoms with Crippen LogP contribution in [0.1, 0.15) is 9.67 Å². The van der Waals surface area contributed by atoms with Crippen LogP contribution in [0.3, 0.4) is 0 Å². The summed E-state index contributed by atoms with van der Waals surface area (Å²) < 4.78 is 6.45. The van der Waals surface area contributed by atoms with E-state index >= 15 is 0 Å². The van der Waals surface area contributed by atoms with Crippen LogP contribution in [0.4, 0.5) is 0 Å². The summed E-state index contributed by atoms with van der Waals surface area (Å²) >= 11 is 6.77. The van der Waals surface area contributed by atoms with E-state index in [9.17, 15) is 4.79 Å². The first-order valence-electron chi connectivity index (χ1n) is 2.68. The zero-order valence-corrected chi connectivity index (χ0v) is 10.1. The molecule has 1 rings (SSSR count). The predicted molar refractivity (Wildman–Crippen MR) is 56.1 cm³/mol. The molecular formula is C6H4BrIO2S. The minimum Gasteiger partial charge on any atom is -0.465 e. The van der Waals surface area contributed by atoms with Gasteiger partial charge in [-0.3, -0.25) is 0 Å². The molecule has 5 heteroatoms. The maximum Gasteiger partial charge on any atom is 0.349 e. The average molecular weight is 347 g/mol. The lowest BCUT2D eigenvalue weighted by Crippen LogP contribution is -1.99. The lowest BCUT2D eigenvalue weighted by atomic mass is 10.5. The Hall–Kier alpha value is 0.380. The molecular weight excluding hydrogens is 343 g/mol. The van der Waals surface area contributed by atoms with Crippen molar-refractivity contribution in [1.82, 2.24) is 0 Å². The Bertz CT molecular complexity index is 284. The highest BCUT2D eigenvalue weighted by atomic mass is 127. The van der Waals surface area contributed by atoms with Crippen molar-refractivity contribution < 1.29 is 9.53 Å². The molecule has 0 aliphatic heterocycles. The number of carbonyl (C=O) groups excluding carboxylic acids is 1. The number of esters is 1. The normalized spacial score (nSPS) is 9.73. The summed E-state index contributed by atoms with van der Waals surface area (Å²) in [5.41, 5.74) is 0. The Balaban J connectivity index is 3.03. The van der Waals surface area contributed by atoms with Crippen molar-refractivity contribution in [2.75, 3.05) is 7.11 Å². The molecule has 1 aromatic rings. The maximum absolute atomic E-state index is 11.0. The van der Waals surface area contributed by atoms with Gasteiger partial charge in [-0.2, -0.15) is 0 Å². The first-order valence-corrected chi connectivity index (χ1v) is 5.37. The van der Waals surface area contributed by atoms with Crippen LogP contribution in [0.25, 0.3) is 0 Å². The summed E-state index contributed by atoms with van der Waals surface area (Å²) in [5.74, 6) is -0.273. The van der Waals surface area contributed by atoms with Crippen molar-refractivity contribution in [3.05, 3.63) is 18.3 Å². The summed E-state index contributed by atoms with van der Waals surface area (Å²) in [6.45, 7) is 0. The maximum atomic E-state index is 11.0. The van der Waals surface area contributed by atoms with Crippen molar-refractivity contribution in [2.45, 2.75) is 0 Å². The molecule has 60 valence electrons. The molecule has 0 aliphatic carbocycles. The van der Waals surface area contributed by atoms with E-state index in [0.717, 1.165) is 7.36 Å². The predicted octanol–water partition coefficient (Wildman–Crippen LogP) is 2.90. The molecule has 1 heterocycles. The van der Waals surface area contributed by atoms with Gasteiger partial charge in [0.2, 0.25) is 0 Å². The third-order valence-corrected chi connectivity index (χ3v) is 3.86. The molecule has 0 saturated heterocycles. The van der Waals surface area contributed by atoms with Crippen molar-refractivity contribution in [3.8, 4) is 0 Å². The largest absolute Gasteiger partial charge is 0.465 e. The second-order valence-electron chi connectivity index (χ2n) is 1.72. The van der Waals surface area contributed by atoms with Gasteiger partial charge in [0.1, 0.15) is 4.88 Å². The van der Waals surface area contributed by atoms with Crippen molar-refractivity contribution in [2.24, 2.45) is 0 Å². The van der Waals surface area contributed by atoms with Crippen molar-refractivity contribution in [1.29, 1.82) is 0 Å². The number of carbonyl (C=O) groups is 1. The molecule has 0 radical (unpaired) electrons. The number of rotatable bonds is 1. The van der Waals surface area contributed by atoms with Gasteiger partial charge >= 0.3 is 5.97 Å². The quantitative estimate of drug-likeness (QED) is 0.577. The Morgan fingerprint density at radius 1 is 1.82 bits per heavy atom. The van der Waals surface area contributed by atoms with Crippen LogP contribution in [0.5, 0.6) is 0 Å². The molecule has 0 atom stereocenters. The average Bonchev–Trinajstić information content (AvgIpc) is 2.28. The standard InChI is InChI=1S/C6H4BrIO2S/c1-10-6(9)5-3(8)2-4(7)11-5/h2H,1H3. The summed E-state index contributed by atoms with van der Waals surface area (Å²) in [4.78, 5) is 11.7. The van der Waals surface area contributed by atoms with Crippen LogP contribution in [0, 0.1) is 3.57 Å². The van der Waals surface area contributed by atoms with E-state index < -0.39 is 0 Å². The molecule has 0 saturated carbocycles. The zero-order chi connectivity index (χ0) is 8.43. The van der Waals surface area contributed by atoms with E-state index in [4.69, 9.17) is 0 Å². The van der Waals surface area contributed by atoms with E-state index in [1.54, 1.807) is 0 Å². The minimum atomic E-state index is -0.273. The Labute approximate surface area is 90.2 Å². The fourth-order valence-corrected chi connectivity index (χ4v) is 3.48. The molecule has 0 spiro atoms. The van der Waals surface area contributed by atoms with Gasteiger partial charge in [0.05, 0.1) is 10.9 Å². The van der Waals surface area contributed by atoms with E-state index in [1.165, 1.54) is 18.4 Å². The highest BCUT2D eigenvalue weighted by Gasteiger charge is 2.13. The number of halogens is 2. The van der Waals surface area contributed by atoms with Gasteiger partial charge in [0, 0.05) is 3.57 Å². The molecule has 0 aromatic carbocycles. The molecule has 1 aromatic heterocycles. The summed E-state index contributed by atoms with van der Waals surface area (Å²) in [7, 11) is 1.38. The molecule has 0 N–H and O–H groups in total. The van der Waals surface area contributed by atoms with Gasteiger partial charge in [-0.1, -0.05) is 0 Å². The summed E-state index contributed by atoms with van der Waals surface area (Å²) in [6, 6.07) is 1.89. The number of ether oxygens (including phenoxy) is 1. The SMILES string of the molecule is COC(=O)c1sc(Br)cc1I. The van der Waals surface area contributed by atoms with Crippen LogP contribution in [-0.2, 0) is 4.74 Å². The third kappa shape index (κ3) is 2.16. The van der Waals surface area contributed by atoms with Crippen LogP contribution in [-0.4, -0.2) is 13.1 Å². The van der Waals surface area contributed by atoms with Crippen molar-refractivity contribution in [3.63, 3.8) is 0 Å². The fraction of sp³-hybridized carbons (Fsp3) is 0.167. The monoisotopic (exact) mass is 346 g/mol. The second-order valence-corrected chi connectivity index (χ2v) is 5.31. The minimum absolute atomic E-state index is 0.273. The van der Waals surface area contributed by atoms with Crippen LogP contribution >= 0.6 is 49.9 Å². The number of thiophene rings is 1. The molecule has 0 fully saturated rings. The molecule has 0 amide bonds. The number of methoxy groups -OCH3 is 1. The Kier molecular flexibility index (Phi) is 3.32. The highest BCUT2D eigenvalue weighted by Crippen LogP contribution is 2.28. The van der Waals surface area contributed by atoms with E-state index in [0.29, 0.717) is 4.88 Å². The number of hydrogen-bond acceptors (Lipinski definition) is 3. The summed E-state index contributed by atoms with van der Waals surface area (Å²) in [5, 5.41) is 0. The van der Waals surface area contributed by atoms with E-state index in [2.05, 4.69) is 43.3 Å². The first kappa shape index (κ1) is 9.47. The van der Waals surface area contributed by atoms with E-state index in [1.807, 2.05) is 6.07 Å². The molecule has 11 heavy (non-hydrogen) atoms. The molecule has 2 nitrogen and oxygen atoms in total. The highest BCUT2D eigenvalue weighted by molar-refractivity contribution is 14.1. The van der Waals surface area contributed by atoms with Crippen molar-refractivity contribution >= 4 is 55.8 Å². The Morgan fingerprint density at radius 3 is 2.82 bits per heavy atom. The van der Waals surface area contributed by atoms with Gasteiger partial charge in [-0.15, -0.1) is 11.3 Å². The molecule has 0 unspecified atom stereocenters. The van der Waals surface area contributed by atoms with Gasteiger partial charge in [-0.25, -0.2) is 4.79 Å². The zero-order valence-electron chi connectivity index (χ0n) is 5.56. The molecule has 0 bridgehead atoms. The second kappa shape index (κ2) is 3.86. The van der Waals surface area contributed by atoms with Gasteiger partial charge in [-0.05, 0) is 44.6 Å². The van der Waals surface area contributed by atoms with Crippen LogP contribution < -0.4 is 0 Å². The van der Waals surface area contributed by atoms with Crippen LogP contribution in [0.15, 0.2) is 9.85 Å². The Morgan fingerprint density at radius 2 is 2.45 bits per heavy atom. The third-order valence-electron chi connectivity index (χ3n) is 1.03. The summed E-state index contributed by atoms with van der Waals surface area (Å²) in [6.07, 6.45) is 0. The molecule has 0 aliphatic rings. The van der Waals surface area contributed by atoms with Crippen LogP contribution in [0.2, 0.25) is 0 Å². The number of hydrogen-bond donors (Lipinski definition) is 0. The smallest absolute Gasteiger partial charge is 0.349 e. The van der Waals surface area contributed by atoms with Gasteiger partial charge in [0.15, 0.2) is 0 Å². The first-order chi connectivity index (χ1) is 5.15. The van der Waals surface area contributed by atoms with Gasteiger partial charge in [0.25, 0.3) is 0 Å².